The van der Waals surface area contributed by atoms with Gasteiger partial charge in [0.2, 0.25) is 0 Å². The van der Waals surface area contributed by atoms with Crippen molar-refractivity contribution >= 4 is 17.5 Å². The molecule has 2 N–H and O–H groups in total. The molecule has 2 rings (SSSR count). The van der Waals surface area contributed by atoms with Gasteiger partial charge in [-0.2, -0.15) is 0 Å². The van der Waals surface area contributed by atoms with Crippen molar-refractivity contribution in [2.24, 2.45) is 0 Å². The fraction of sp³-hybridized carbons (Fsp3) is 0.222. The van der Waals surface area contributed by atoms with Crippen molar-refractivity contribution in [2.45, 2.75) is 0 Å². The van der Waals surface area contributed by atoms with Crippen LogP contribution in [0.15, 0.2) is 48.5 Å². The van der Waals surface area contributed by atoms with Crippen LogP contribution >= 0.6 is 0 Å². The van der Waals surface area contributed by atoms with E-state index in [0.29, 0.717) is 35.7 Å². The van der Waals surface area contributed by atoms with Crippen molar-refractivity contribution in [1.82, 2.24) is 5.32 Å². The molecule has 0 aromatic heterocycles. The second-order valence-corrected chi connectivity index (χ2v) is 5.01. The normalized spacial score (nSPS) is 10.1. The molecule has 126 valence electrons. The van der Waals surface area contributed by atoms with E-state index in [1.807, 2.05) is 0 Å². The molecule has 0 saturated heterocycles. The summed E-state index contributed by atoms with van der Waals surface area (Å²) in [6, 6.07) is 13.6. The molecule has 0 aliphatic carbocycles. The number of hydrogen-bond donors (Lipinski definition) is 2. The van der Waals surface area contributed by atoms with E-state index in [0.717, 1.165) is 0 Å². The molecule has 0 atom stereocenters. The number of hydrogen-bond acceptors (Lipinski definition) is 4. The highest BCUT2D eigenvalue weighted by Crippen LogP contribution is 2.16. The van der Waals surface area contributed by atoms with Gasteiger partial charge in [0.1, 0.15) is 5.75 Å². The summed E-state index contributed by atoms with van der Waals surface area (Å²) in [5, 5.41) is 5.50. The summed E-state index contributed by atoms with van der Waals surface area (Å²) in [5.74, 6) is 0.181. The van der Waals surface area contributed by atoms with Crippen LogP contribution in [0.5, 0.6) is 5.75 Å². The first kappa shape index (κ1) is 17.5. The van der Waals surface area contributed by atoms with Gasteiger partial charge in [-0.1, -0.05) is 6.07 Å². The minimum absolute atomic E-state index is 0.244. The van der Waals surface area contributed by atoms with Crippen LogP contribution in [-0.2, 0) is 4.74 Å². The Hall–Kier alpha value is -2.86. The summed E-state index contributed by atoms with van der Waals surface area (Å²) in [5.41, 5.74) is 1.48. The molecular formula is C18H20N2O4. The van der Waals surface area contributed by atoms with Crippen molar-refractivity contribution in [3.05, 3.63) is 59.7 Å². The molecule has 0 radical (unpaired) electrons. The van der Waals surface area contributed by atoms with Crippen molar-refractivity contribution in [1.29, 1.82) is 0 Å². The van der Waals surface area contributed by atoms with Gasteiger partial charge in [0.25, 0.3) is 11.8 Å². The number of nitrogens with one attached hydrogen (secondary N) is 2. The lowest BCUT2D eigenvalue weighted by Gasteiger charge is -2.08. The van der Waals surface area contributed by atoms with Crippen molar-refractivity contribution in [2.75, 3.05) is 32.7 Å². The number of anilines is 1. The summed E-state index contributed by atoms with van der Waals surface area (Å²) < 4.78 is 9.96. The summed E-state index contributed by atoms with van der Waals surface area (Å²) in [6.45, 7) is 0.848. The molecule has 0 aliphatic rings. The Morgan fingerprint density at radius 1 is 0.958 bits per heavy atom. The number of carbonyl (C=O) groups is 2. The molecule has 6 nitrogen and oxygen atoms in total. The van der Waals surface area contributed by atoms with E-state index in [9.17, 15) is 9.59 Å². The molecule has 0 bridgehead atoms. The van der Waals surface area contributed by atoms with Crippen LogP contribution in [0.2, 0.25) is 0 Å². The Bertz CT molecular complexity index is 698. The fourth-order valence-electron chi connectivity index (χ4n) is 2.05. The van der Waals surface area contributed by atoms with E-state index >= 15 is 0 Å². The average Bonchev–Trinajstić information content (AvgIpc) is 2.62. The number of ether oxygens (including phenoxy) is 2. The molecule has 0 fully saturated rings. The molecular weight excluding hydrogens is 308 g/mol. The van der Waals surface area contributed by atoms with Crippen molar-refractivity contribution < 1.29 is 19.1 Å². The van der Waals surface area contributed by atoms with Gasteiger partial charge in [-0.05, 0) is 42.5 Å². The van der Waals surface area contributed by atoms with Crippen LogP contribution in [0.1, 0.15) is 20.7 Å². The van der Waals surface area contributed by atoms with E-state index in [1.54, 1.807) is 62.8 Å². The molecule has 6 heteroatoms. The quantitative estimate of drug-likeness (QED) is 0.765. The molecule has 2 amide bonds. The van der Waals surface area contributed by atoms with Gasteiger partial charge in [-0.3, -0.25) is 9.59 Å². The molecule has 2 aromatic rings. The first-order valence-electron chi connectivity index (χ1n) is 7.46. The van der Waals surface area contributed by atoms with Crippen molar-refractivity contribution in [3.63, 3.8) is 0 Å². The number of methoxy groups -OCH3 is 2. The summed E-state index contributed by atoms with van der Waals surface area (Å²) in [7, 11) is 3.15. The Balaban J connectivity index is 2.03. The summed E-state index contributed by atoms with van der Waals surface area (Å²) in [4.78, 5) is 24.3. The predicted octanol–water partition coefficient (Wildman–Crippen LogP) is 2.32. The third kappa shape index (κ3) is 4.82. The molecule has 0 spiro atoms. The predicted molar refractivity (Wildman–Crippen MR) is 91.6 cm³/mol. The third-order valence-corrected chi connectivity index (χ3v) is 3.33. The van der Waals surface area contributed by atoms with Crippen LogP contribution in [0.25, 0.3) is 0 Å². The van der Waals surface area contributed by atoms with E-state index in [4.69, 9.17) is 9.47 Å². The molecule has 0 aliphatic heterocycles. The zero-order valence-corrected chi connectivity index (χ0v) is 13.7. The highest BCUT2D eigenvalue weighted by molar-refractivity contribution is 6.06. The van der Waals surface area contributed by atoms with Gasteiger partial charge in [0, 0.05) is 30.5 Å². The highest BCUT2D eigenvalue weighted by Gasteiger charge is 2.10. The van der Waals surface area contributed by atoms with Crippen LogP contribution in [-0.4, -0.2) is 39.2 Å². The Kier molecular flexibility index (Phi) is 6.33. The van der Waals surface area contributed by atoms with E-state index in [-0.39, 0.29) is 11.8 Å². The van der Waals surface area contributed by atoms with Gasteiger partial charge in [0.15, 0.2) is 0 Å². The maximum absolute atomic E-state index is 12.3. The average molecular weight is 328 g/mol. The zero-order chi connectivity index (χ0) is 17.4. The van der Waals surface area contributed by atoms with Crippen LogP contribution in [0, 0.1) is 0 Å². The van der Waals surface area contributed by atoms with E-state index < -0.39 is 0 Å². The lowest BCUT2D eigenvalue weighted by Crippen LogP contribution is -2.27. The summed E-state index contributed by atoms with van der Waals surface area (Å²) >= 11 is 0. The number of rotatable bonds is 7. The smallest absolute Gasteiger partial charge is 0.255 e. The second-order valence-electron chi connectivity index (χ2n) is 5.01. The number of amides is 2. The first-order chi connectivity index (χ1) is 11.6. The lowest BCUT2D eigenvalue weighted by molar-refractivity contribution is 0.0937. The topological polar surface area (TPSA) is 76.7 Å². The maximum atomic E-state index is 12.3. The van der Waals surface area contributed by atoms with Gasteiger partial charge < -0.3 is 20.1 Å². The minimum Gasteiger partial charge on any atom is -0.497 e. The van der Waals surface area contributed by atoms with Gasteiger partial charge in [-0.25, -0.2) is 0 Å². The fourth-order valence-corrected chi connectivity index (χ4v) is 2.05. The van der Waals surface area contributed by atoms with Crippen molar-refractivity contribution in [3.8, 4) is 5.75 Å². The maximum Gasteiger partial charge on any atom is 0.255 e. The molecule has 24 heavy (non-hydrogen) atoms. The Labute approximate surface area is 140 Å². The number of benzene rings is 2. The first-order valence-corrected chi connectivity index (χ1v) is 7.46. The van der Waals surface area contributed by atoms with Gasteiger partial charge in [-0.15, -0.1) is 0 Å². The molecule has 0 unspecified atom stereocenters. The highest BCUT2D eigenvalue weighted by atomic mass is 16.5. The second kappa shape index (κ2) is 8.69. The van der Waals surface area contributed by atoms with Crippen LogP contribution < -0.4 is 15.4 Å². The molecule has 2 aromatic carbocycles. The molecule has 0 heterocycles. The number of carbonyl (C=O) groups excluding carboxylic acids is 2. The van der Waals surface area contributed by atoms with Gasteiger partial charge >= 0.3 is 0 Å². The largest absolute Gasteiger partial charge is 0.497 e. The standard InChI is InChI=1S/C18H20N2O4/c1-23-11-10-19-17(21)13-4-3-5-14(12-13)18(22)20-15-6-8-16(24-2)9-7-15/h3-9,12H,10-11H2,1-2H3,(H,19,21)(H,20,22). The monoisotopic (exact) mass is 328 g/mol. The van der Waals surface area contributed by atoms with Crippen LogP contribution in [0.4, 0.5) is 5.69 Å². The SMILES string of the molecule is COCCNC(=O)c1cccc(C(=O)Nc2ccc(OC)cc2)c1. The Morgan fingerprint density at radius 3 is 2.25 bits per heavy atom. The van der Waals surface area contributed by atoms with E-state index in [2.05, 4.69) is 10.6 Å². The molecule has 0 saturated carbocycles. The minimum atomic E-state index is -0.285. The summed E-state index contributed by atoms with van der Waals surface area (Å²) in [6.07, 6.45) is 0. The van der Waals surface area contributed by atoms with Gasteiger partial charge in [0.05, 0.1) is 13.7 Å². The zero-order valence-electron chi connectivity index (χ0n) is 13.7. The lowest BCUT2D eigenvalue weighted by atomic mass is 10.1. The van der Waals surface area contributed by atoms with Crippen LogP contribution in [0.3, 0.4) is 0 Å². The Morgan fingerprint density at radius 2 is 1.62 bits per heavy atom. The third-order valence-electron chi connectivity index (χ3n) is 3.33. The van der Waals surface area contributed by atoms with E-state index in [1.165, 1.54) is 0 Å².